The van der Waals surface area contributed by atoms with E-state index in [-0.39, 0.29) is 5.91 Å². The summed E-state index contributed by atoms with van der Waals surface area (Å²) in [6.45, 7) is 1.88. The number of hydrogen-bond donors (Lipinski definition) is 1. The molecular formula is C19H22N2O3. The summed E-state index contributed by atoms with van der Waals surface area (Å²) >= 11 is 0. The van der Waals surface area contributed by atoms with Crippen LogP contribution in [-0.4, -0.2) is 36.0 Å². The smallest absolute Gasteiger partial charge is 0.290 e. The summed E-state index contributed by atoms with van der Waals surface area (Å²) < 4.78 is 11.3. The molecule has 0 aliphatic carbocycles. The first-order valence-electron chi connectivity index (χ1n) is 8.59. The third-order valence-corrected chi connectivity index (χ3v) is 4.89. The van der Waals surface area contributed by atoms with Crippen LogP contribution in [0.5, 0.6) is 5.75 Å². The van der Waals surface area contributed by atoms with E-state index in [0.29, 0.717) is 24.5 Å². The lowest BCUT2D eigenvalue weighted by Crippen LogP contribution is -2.39. The summed E-state index contributed by atoms with van der Waals surface area (Å²) in [5.74, 6) is 1.16. The van der Waals surface area contributed by atoms with E-state index in [1.54, 1.807) is 6.26 Å². The summed E-state index contributed by atoms with van der Waals surface area (Å²) in [6, 6.07) is 12.4. The molecule has 2 saturated heterocycles. The fourth-order valence-corrected chi connectivity index (χ4v) is 3.59. The Kier molecular flexibility index (Phi) is 4.26. The van der Waals surface area contributed by atoms with Crippen molar-refractivity contribution in [2.24, 2.45) is 0 Å². The Labute approximate surface area is 141 Å². The SMILES string of the molecule is O=C(c1occc1COc1ccccc1)N1CCC2CCC(C1)N2. The van der Waals surface area contributed by atoms with Gasteiger partial charge in [0, 0.05) is 30.7 Å². The van der Waals surface area contributed by atoms with E-state index < -0.39 is 0 Å². The maximum absolute atomic E-state index is 12.9. The normalized spacial score (nSPS) is 23.1. The van der Waals surface area contributed by atoms with E-state index >= 15 is 0 Å². The zero-order chi connectivity index (χ0) is 16.4. The lowest BCUT2D eigenvalue weighted by molar-refractivity contribution is 0.0712. The molecular weight excluding hydrogens is 304 g/mol. The minimum absolute atomic E-state index is 0.0268. The van der Waals surface area contributed by atoms with Crippen molar-refractivity contribution < 1.29 is 13.9 Å². The molecule has 0 saturated carbocycles. The number of para-hydroxylation sites is 1. The number of carbonyl (C=O) groups excluding carboxylic acids is 1. The second-order valence-electron chi connectivity index (χ2n) is 6.55. The molecule has 2 bridgehead atoms. The van der Waals surface area contributed by atoms with Crippen molar-refractivity contribution in [1.29, 1.82) is 0 Å². The second-order valence-corrected chi connectivity index (χ2v) is 6.55. The molecule has 2 aliphatic heterocycles. The van der Waals surface area contributed by atoms with E-state index in [2.05, 4.69) is 5.32 Å². The average Bonchev–Trinajstić information content (AvgIpc) is 3.19. The van der Waals surface area contributed by atoms with Crippen molar-refractivity contribution in [1.82, 2.24) is 10.2 Å². The number of rotatable bonds is 4. The van der Waals surface area contributed by atoms with Gasteiger partial charge in [0.25, 0.3) is 5.91 Å². The fraction of sp³-hybridized carbons (Fsp3) is 0.421. The van der Waals surface area contributed by atoms with Gasteiger partial charge in [0.2, 0.25) is 0 Å². The molecule has 3 heterocycles. The standard InChI is InChI=1S/C19H22N2O3/c22-19(21-10-8-15-6-7-16(12-21)20-15)18-14(9-11-23-18)13-24-17-4-2-1-3-5-17/h1-5,9,11,15-16,20H,6-8,10,12-13H2. The number of fused-ring (bicyclic) bond motifs is 2. The average molecular weight is 326 g/mol. The molecule has 2 aromatic rings. The number of likely N-dealkylation sites (tertiary alicyclic amines) is 1. The van der Waals surface area contributed by atoms with Gasteiger partial charge in [-0.25, -0.2) is 0 Å². The van der Waals surface area contributed by atoms with Crippen molar-refractivity contribution >= 4 is 5.91 Å². The van der Waals surface area contributed by atoms with Gasteiger partial charge < -0.3 is 19.4 Å². The van der Waals surface area contributed by atoms with Gasteiger partial charge in [-0.3, -0.25) is 4.79 Å². The number of furan rings is 1. The number of nitrogens with one attached hydrogen (secondary N) is 1. The van der Waals surface area contributed by atoms with Crippen molar-refractivity contribution in [3.63, 3.8) is 0 Å². The lowest BCUT2D eigenvalue weighted by Gasteiger charge is -2.23. The van der Waals surface area contributed by atoms with Gasteiger partial charge >= 0.3 is 0 Å². The molecule has 4 rings (SSSR count). The fourth-order valence-electron chi connectivity index (χ4n) is 3.59. The minimum atomic E-state index is -0.0268. The number of benzene rings is 1. The first-order valence-corrected chi connectivity index (χ1v) is 8.59. The summed E-state index contributed by atoms with van der Waals surface area (Å²) in [6.07, 6.45) is 4.96. The quantitative estimate of drug-likeness (QED) is 0.939. The topological polar surface area (TPSA) is 54.7 Å². The highest BCUT2D eigenvalue weighted by molar-refractivity contribution is 5.93. The van der Waals surface area contributed by atoms with Gasteiger partial charge in [0.05, 0.1) is 6.26 Å². The van der Waals surface area contributed by atoms with Gasteiger partial charge in [-0.15, -0.1) is 0 Å². The van der Waals surface area contributed by atoms with E-state index in [4.69, 9.17) is 9.15 Å². The van der Waals surface area contributed by atoms with Crippen LogP contribution in [0.4, 0.5) is 0 Å². The first-order chi connectivity index (χ1) is 11.8. The maximum Gasteiger partial charge on any atom is 0.290 e. The van der Waals surface area contributed by atoms with Crippen molar-refractivity contribution in [2.75, 3.05) is 13.1 Å². The molecule has 126 valence electrons. The number of ether oxygens (including phenoxy) is 1. The molecule has 0 spiro atoms. The van der Waals surface area contributed by atoms with Gasteiger partial charge in [0.1, 0.15) is 12.4 Å². The number of nitrogens with zero attached hydrogens (tertiary/aromatic N) is 1. The van der Waals surface area contributed by atoms with Gasteiger partial charge in [0.15, 0.2) is 5.76 Å². The van der Waals surface area contributed by atoms with Crippen LogP contribution in [0.25, 0.3) is 0 Å². The molecule has 2 aliphatic rings. The van der Waals surface area contributed by atoms with Crippen LogP contribution in [0.2, 0.25) is 0 Å². The van der Waals surface area contributed by atoms with Crippen LogP contribution in [-0.2, 0) is 6.61 Å². The molecule has 2 atom stereocenters. The van der Waals surface area contributed by atoms with Crippen molar-refractivity contribution in [3.05, 3.63) is 54.0 Å². The molecule has 2 unspecified atom stereocenters. The van der Waals surface area contributed by atoms with Crippen molar-refractivity contribution in [2.45, 2.75) is 38.0 Å². The third kappa shape index (κ3) is 3.17. The lowest BCUT2D eigenvalue weighted by atomic mass is 10.1. The summed E-state index contributed by atoms with van der Waals surface area (Å²) in [7, 11) is 0. The van der Waals surface area contributed by atoms with Crippen LogP contribution < -0.4 is 10.1 Å². The summed E-state index contributed by atoms with van der Waals surface area (Å²) in [5, 5.41) is 3.60. The number of hydrogen-bond acceptors (Lipinski definition) is 4. The Balaban J connectivity index is 1.44. The molecule has 2 fully saturated rings. The zero-order valence-corrected chi connectivity index (χ0v) is 13.6. The van der Waals surface area contributed by atoms with Crippen LogP contribution in [0.1, 0.15) is 35.4 Å². The Morgan fingerprint density at radius 1 is 1.17 bits per heavy atom. The highest BCUT2D eigenvalue weighted by Crippen LogP contribution is 2.23. The van der Waals surface area contributed by atoms with E-state index in [9.17, 15) is 4.79 Å². The minimum Gasteiger partial charge on any atom is -0.489 e. The van der Waals surface area contributed by atoms with Crippen LogP contribution in [0.15, 0.2) is 47.1 Å². The Hall–Kier alpha value is -2.27. The maximum atomic E-state index is 12.9. The highest BCUT2D eigenvalue weighted by atomic mass is 16.5. The van der Waals surface area contributed by atoms with Gasteiger partial charge in [-0.05, 0) is 37.5 Å². The molecule has 24 heavy (non-hydrogen) atoms. The van der Waals surface area contributed by atoms with E-state index in [1.165, 1.54) is 6.42 Å². The number of carbonyl (C=O) groups is 1. The summed E-state index contributed by atoms with van der Waals surface area (Å²) in [4.78, 5) is 14.8. The molecule has 1 N–H and O–H groups in total. The van der Waals surface area contributed by atoms with Crippen LogP contribution in [0, 0.1) is 0 Å². The van der Waals surface area contributed by atoms with Crippen LogP contribution in [0.3, 0.4) is 0 Å². The Morgan fingerprint density at radius 2 is 2.00 bits per heavy atom. The first kappa shape index (κ1) is 15.3. The zero-order valence-electron chi connectivity index (χ0n) is 13.6. The second kappa shape index (κ2) is 6.69. The Morgan fingerprint density at radius 3 is 2.88 bits per heavy atom. The molecule has 0 radical (unpaired) electrons. The Bertz CT molecular complexity index is 698. The highest BCUT2D eigenvalue weighted by Gasteiger charge is 2.33. The summed E-state index contributed by atoms with van der Waals surface area (Å²) in [5.41, 5.74) is 0.797. The number of amides is 1. The van der Waals surface area contributed by atoms with Crippen LogP contribution >= 0.6 is 0 Å². The third-order valence-electron chi connectivity index (χ3n) is 4.89. The predicted octanol–water partition coefficient (Wildman–Crippen LogP) is 2.83. The largest absolute Gasteiger partial charge is 0.489 e. The molecule has 1 aromatic heterocycles. The predicted molar refractivity (Wildman–Crippen MR) is 89.9 cm³/mol. The van der Waals surface area contributed by atoms with E-state index in [1.807, 2.05) is 41.3 Å². The monoisotopic (exact) mass is 326 g/mol. The van der Waals surface area contributed by atoms with Gasteiger partial charge in [-0.2, -0.15) is 0 Å². The molecule has 1 aromatic carbocycles. The molecule has 5 nitrogen and oxygen atoms in total. The van der Waals surface area contributed by atoms with E-state index in [0.717, 1.165) is 37.2 Å². The van der Waals surface area contributed by atoms with Crippen molar-refractivity contribution in [3.8, 4) is 5.75 Å². The molecule has 5 heteroatoms. The molecule has 1 amide bonds. The van der Waals surface area contributed by atoms with Gasteiger partial charge in [-0.1, -0.05) is 18.2 Å².